The van der Waals surface area contributed by atoms with E-state index in [2.05, 4.69) is 5.32 Å². The molecule has 274 valence electrons. The average Bonchev–Trinajstić information content (AvgIpc) is 3.45. The number of ether oxygens (including phenoxy) is 5. The van der Waals surface area contributed by atoms with Gasteiger partial charge in [0.05, 0.1) is 43.2 Å². The van der Waals surface area contributed by atoms with Crippen molar-refractivity contribution in [2.45, 2.75) is 97.0 Å². The largest absolute Gasteiger partial charge is 0.481 e. The van der Waals surface area contributed by atoms with Gasteiger partial charge in [-0.05, 0) is 43.4 Å². The van der Waals surface area contributed by atoms with Gasteiger partial charge in [0, 0.05) is 12.1 Å². The summed E-state index contributed by atoms with van der Waals surface area (Å²) in [5, 5.41) is 24.6. The summed E-state index contributed by atoms with van der Waals surface area (Å²) < 4.78 is 31.6. The molecule has 11 heteroatoms. The second kappa shape index (κ2) is 16.9. The Kier molecular flexibility index (Phi) is 12.6. The molecule has 3 aromatic carbocycles. The number of piperidine rings is 1. The van der Waals surface area contributed by atoms with Crippen LogP contribution in [0.4, 0.5) is 0 Å². The monoisotopic (exact) mass is 703 g/mol. The third-order valence-electron chi connectivity index (χ3n) is 10.7. The number of nitrogens with one attached hydrogen (secondary N) is 1. The maximum atomic E-state index is 14.6. The first kappa shape index (κ1) is 38.1. The van der Waals surface area contributed by atoms with Gasteiger partial charge in [0.15, 0.2) is 0 Å². The van der Waals surface area contributed by atoms with Crippen LogP contribution in [0.1, 0.15) is 57.2 Å². The normalized spacial score (nSPS) is 30.5. The van der Waals surface area contributed by atoms with Gasteiger partial charge < -0.3 is 39.2 Å². The number of carboxylic acid groups (broad SMARTS) is 2. The topological polar surface area (TPSA) is 150 Å². The van der Waals surface area contributed by atoms with Crippen LogP contribution in [0.5, 0.6) is 0 Å². The zero-order valence-corrected chi connectivity index (χ0v) is 29.6. The third-order valence-corrected chi connectivity index (χ3v) is 10.7. The minimum Gasteiger partial charge on any atom is -0.481 e. The Balaban J connectivity index is 1.50. The summed E-state index contributed by atoms with van der Waals surface area (Å²) in [6.07, 6.45) is -3.90. The first-order valence-corrected chi connectivity index (χ1v) is 17.6. The molecular weight excluding hydrogens is 654 g/mol. The third kappa shape index (κ3) is 7.88. The lowest BCUT2D eigenvalue weighted by Gasteiger charge is -2.55. The molecule has 8 atom stereocenters. The van der Waals surface area contributed by atoms with Crippen molar-refractivity contribution in [3.63, 3.8) is 0 Å². The Morgan fingerprint density at radius 1 is 0.686 bits per heavy atom. The fourth-order valence-electron chi connectivity index (χ4n) is 7.87. The molecule has 2 heterocycles. The van der Waals surface area contributed by atoms with Crippen molar-refractivity contribution in [2.75, 3.05) is 6.61 Å². The highest BCUT2D eigenvalue weighted by Gasteiger charge is 2.69. The number of rotatable bonds is 16. The van der Waals surface area contributed by atoms with Gasteiger partial charge in [-0.3, -0.25) is 14.4 Å². The van der Waals surface area contributed by atoms with Crippen molar-refractivity contribution >= 4 is 17.9 Å². The van der Waals surface area contributed by atoms with Crippen LogP contribution in [0.3, 0.4) is 0 Å². The standard InChI is InChI=1S/C40H49NO10/c1-5-39(37(43)44)26(3)41-27(4)40(6-2,38(45)46)34(39)35(42)51-36-33(49-24-30-20-14-9-15-21-30)32(48-23-29-18-12-8-13-19-29)31(50-36)25-47-22-28-16-10-7-11-17-28/h7-21,26-27,31-34,36,41H,5-6,22-25H2,1-4H3,(H,43,44)(H,45,46)/t26?,27?,31-,32+,33-,34?,36?,39?,40?/m1/s1. The summed E-state index contributed by atoms with van der Waals surface area (Å²) in [4.78, 5) is 40.9. The summed E-state index contributed by atoms with van der Waals surface area (Å²) >= 11 is 0. The number of carbonyl (C=O) groups is 3. The highest BCUT2D eigenvalue weighted by atomic mass is 16.7. The molecule has 3 N–H and O–H groups in total. The van der Waals surface area contributed by atoms with E-state index in [9.17, 15) is 24.6 Å². The SMILES string of the molecule is CCC1(C(=O)O)C(C)NC(C)C(CC)(C(=O)O)C1C(=O)OC1O[C@H](COCc2ccccc2)[C@H](OCc2ccccc2)[C@H]1OCc1ccccc1. The molecule has 0 aliphatic carbocycles. The summed E-state index contributed by atoms with van der Waals surface area (Å²) in [5.74, 6) is -5.09. The molecule has 3 aromatic rings. The van der Waals surface area contributed by atoms with Crippen molar-refractivity contribution in [3.8, 4) is 0 Å². The fraction of sp³-hybridized carbons (Fsp3) is 0.475. The zero-order valence-electron chi connectivity index (χ0n) is 29.6. The van der Waals surface area contributed by atoms with E-state index in [1.807, 2.05) is 91.0 Å². The maximum absolute atomic E-state index is 14.6. The second-order valence-corrected chi connectivity index (χ2v) is 13.4. The van der Waals surface area contributed by atoms with E-state index in [1.54, 1.807) is 27.7 Å². The van der Waals surface area contributed by atoms with Crippen molar-refractivity contribution in [1.82, 2.24) is 5.32 Å². The number of esters is 1. The van der Waals surface area contributed by atoms with Gasteiger partial charge >= 0.3 is 17.9 Å². The number of aliphatic carboxylic acids is 2. The summed E-state index contributed by atoms with van der Waals surface area (Å²) in [6, 6.07) is 27.2. The van der Waals surface area contributed by atoms with Crippen LogP contribution in [0.25, 0.3) is 0 Å². The molecule has 11 nitrogen and oxygen atoms in total. The summed E-state index contributed by atoms with van der Waals surface area (Å²) in [7, 11) is 0. The Hall–Kier alpha value is -4.13. The Morgan fingerprint density at radius 2 is 1.12 bits per heavy atom. The molecule has 0 saturated carbocycles. The van der Waals surface area contributed by atoms with Crippen LogP contribution in [0.2, 0.25) is 0 Å². The predicted octanol–water partition coefficient (Wildman–Crippen LogP) is 5.60. The van der Waals surface area contributed by atoms with Crippen LogP contribution in [0, 0.1) is 16.7 Å². The molecule has 0 aromatic heterocycles. The van der Waals surface area contributed by atoms with Crippen LogP contribution < -0.4 is 5.32 Å². The van der Waals surface area contributed by atoms with Gasteiger partial charge in [0.1, 0.15) is 18.3 Å². The highest BCUT2D eigenvalue weighted by Crippen LogP contribution is 2.54. The first-order chi connectivity index (χ1) is 24.6. The van der Waals surface area contributed by atoms with E-state index < -0.39 is 71.3 Å². The van der Waals surface area contributed by atoms with Gasteiger partial charge in [0.25, 0.3) is 0 Å². The molecule has 2 aliphatic rings. The van der Waals surface area contributed by atoms with E-state index >= 15 is 0 Å². The minimum absolute atomic E-state index is 0.0176. The lowest BCUT2D eigenvalue weighted by Crippen LogP contribution is -2.72. The number of carbonyl (C=O) groups excluding carboxylic acids is 1. The van der Waals surface area contributed by atoms with Gasteiger partial charge in [-0.1, -0.05) is 105 Å². The molecule has 0 bridgehead atoms. The van der Waals surface area contributed by atoms with Crippen molar-refractivity contribution in [3.05, 3.63) is 108 Å². The van der Waals surface area contributed by atoms with E-state index in [4.69, 9.17) is 23.7 Å². The first-order valence-electron chi connectivity index (χ1n) is 17.6. The summed E-state index contributed by atoms with van der Waals surface area (Å²) in [6.45, 7) is 7.34. The van der Waals surface area contributed by atoms with Crippen LogP contribution in [-0.4, -0.2) is 71.4 Å². The zero-order chi connectivity index (χ0) is 36.6. The Bertz CT molecular complexity index is 1560. The molecule has 2 saturated heterocycles. The van der Waals surface area contributed by atoms with Crippen molar-refractivity contribution in [2.24, 2.45) is 16.7 Å². The molecule has 5 unspecified atom stereocenters. The van der Waals surface area contributed by atoms with E-state index in [-0.39, 0.29) is 32.7 Å². The van der Waals surface area contributed by atoms with E-state index in [0.717, 1.165) is 16.7 Å². The quantitative estimate of drug-likeness (QED) is 0.160. The molecular formula is C40H49NO10. The number of carboxylic acids is 2. The van der Waals surface area contributed by atoms with E-state index in [0.29, 0.717) is 6.61 Å². The van der Waals surface area contributed by atoms with Gasteiger partial charge in [0.2, 0.25) is 6.29 Å². The van der Waals surface area contributed by atoms with Crippen molar-refractivity contribution < 1.29 is 48.3 Å². The molecule has 51 heavy (non-hydrogen) atoms. The average molecular weight is 704 g/mol. The predicted molar refractivity (Wildman–Crippen MR) is 187 cm³/mol. The Morgan fingerprint density at radius 3 is 1.55 bits per heavy atom. The number of hydrogen-bond acceptors (Lipinski definition) is 9. The lowest BCUT2D eigenvalue weighted by atomic mass is 9.52. The molecule has 0 amide bonds. The van der Waals surface area contributed by atoms with Crippen molar-refractivity contribution in [1.29, 1.82) is 0 Å². The molecule has 2 fully saturated rings. The van der Waals surface area contributed by atoms with E-state index in [1.165, 1.54) is 0 Å². The van der Waals surface area contributed by atoms with Crippen LogP contribution in [-0.2, 0) is 57.9 Å². The highest BCUT2D eigenvalue weighted by molar-refractivity contribution is 5.92. The van der Waals surface area contributed by atoms with Crippen LogP contribution >= 0.6 is 0 Å². The lowest BCUT2D eigenvalue weighted by molar-refractivity contribution is -0.221. The smallest absolute Gasteiger partial charge is 0.313 e. The minimum atomic E-state index is -1.79. The van der Waals surface area contributed by atoms with Crippen LogP contribution in [0.15, 0.2) is 91.0 Å². The van der Waals surface area contributed by atoms with Gasteiger partial charge in [-0.25, -0.2) is 0 Å². The maximum Gasteiger partial charge on any atom is 0.313 e. The van der Waals surface area contributed by atoms with Gasteiger partial charge in [-0.2, -0.15) is 0 Å². The number of hydrogen-bond donors (Lipinski definition) is 3. The second-order valence-electron chi connectivity index (χ2n) is 13.4. The molecule has 5 rings (SSSR count). The molecule has 2 aliphatic heterocycles. The Labute approximate surface area is 299 Å². The molecule has 0 spiro atoms. The summed E-state index contributed by atoms with van der Waals surface area (Å²) in [5.41, 5.74) is -0.859. The fourth-order valence-corrected chi connectivity index (χ4v) is 7.87. The van der Waals surface area contributed by atoms with Gasteiger partial charge in [-0.15, -0.1) is 0 Å². The molecule has 0 radical (unpaired) electrons. The number of benzene rings is 3.